The number of ether oxygens (including phenoxy) is 1. The molecule has 1 amide bonds. The Kier molecular flexibility index (Phi) is 5.71. The summed E-state index contributed by atoms with van der Waals surface area (Å²) in [5, 5.41) is 10.7. The zero-order chi connectivity index (χ0) is 17.6. The van der Waals surface area contributed by atoms with Gasteiger partial charge in [0.1, 0.15) is 11.4 Å². The highest BCUT2D eigenvalue weighted by Crippen LogP contribution is 2.19. The third-order valence-corrected chi connectivity index (χ3v) is 4.26. The number of carbonyl (C=O) groups excluding carboxylic acids is 1. The molecule has 134 valence electrons. The second kappa shape index (κ2) is 8.16. The number of hydrogen-bond donors (Lipinski definition) is 2. The molecule has 0 radical (unpaired) electrons. The van der Waals surface area contributed by atoms with E-state index in [1.54, 1.807) is 6.07 Å². The predicted molar refractivity (Wildman–Crippen MR) is 96.7 cm³/mol. The zero-order valence-corrected chi connectivity index (χ0v) is 14.9. The first-order valence-corrected chi connectivity index (χ1v) is 8.92. The van der Waals surface area contributed by atoms with Crippen molar-refractivity contribution in [1.82, 2.24) is 20.4 Å². The molecule has 2 heterocycles. The smallest absolute Gasteiger partial charge is 0.272 e. The molecule has 2 aromatic rings. The first kappa shape index (κ1) is 17.5. The minimum absolute atomic E-state index is 0.0941. The van der Waals surface area contributed by atoms with E-state index >= 15 is 0 Å². The Labute approximate surface area is 148 Å². The third-order valence-electron chi connectivity index (χ3n) is 4.26. The van der Waals surface area contributed by atoms with Crippen molar-refractivity contribution >= 4 is 5.91 Å². The fourth-order valence-corrected chi connectivity index (χ4v) is 3.01. The van der Waals surface area contributed by atoms with Crippen LogP contribution in [0.5, 0.6) is 5.75 Å². The summed E-state index contributed by atoms with van der Waals surface area (Å²) in [4.78, 5) is 12.4. The van der Waals surface area contributed by atoms with Gasteiger partial charge < -0.3 is 15.4 Å². The van der Waals surface area contributed by atoms with Crippen LogP contribution >= 0.6 is 0 Å². The fraction of sp³-hybridized carbons (Fsp3) is 0.474. The van der Waals surface area contributed by atoms with E-state index in [-0.39, 0.29) is 12.0 Å². The lowest BCUT2D eigenvalue weighted by molar-refractivity contribution is 0.0944. The van der Waals surface area contributed by atoms with Gasteiger partial charge in [0.25, 0.3) is 5.91 Å². The fourth-order valence-electron chi connectivity index (χ4n) is 3.01. The van der Waals surface area contributed by atoms with E-state index in [0.29, 0.717) is 18.3 Å². The van der Waals surface area contributed by atoms with Gasteiger partial charge in [0.05, 0.1) is 12.1 Å². The van der Waals surface area contributed by atoms with Crippen LogP contribution in [0.25, 0.3) is 0 Å². The number of nitrogens with one attached hydrogen (secondary N) is 2. The Morgan fingerprint density at radius 3 is 3.00 bits per heavy atom. The number of carbonyl (C=O) groups is 1. The number of para-hydroxylation sites is 1. The molecule has 0 bridgehead atoms. The Balaban J connectivity index is 1.60. The summed E-state index contributed by atoms with van der Waals surface area (Å²) in [6.07, 6.45) is 4.22. The number of amides is 1. The van der Waals surface area contributed by atoms with Crippen LogP contribution in [0.3, 0.4) is 0 Å². The second-order valence-electron chi connectivity index (χ2n) is 6.64. The Hall–Kier alpha value is -2.34. The molecule has 0 saturated carbocycles. The van der Waals surface area contributed by atoms with Crippen LogP contribution in [0.4, 0.5) is 0 Å². The van der Waals surface area contributed by atoms with Crippen LogP contribution < -0.4 is 15.4 Å². The van der Waals surface area contributed by atoms with E-state index in [1.807, 2.05) is 49.0 Å². The van der Waals surface area contributed by atoms with Gasteiger partial charge in [-0.15, -0.1) is 0 Å². The molecule has 6 heteroatoms. The SMILES string of the molecule is CC(C)Oc1ccccc1CNC(=O)c1ccn(C2CCCNC2)n1. The van der Waals surface area contributed by atoms with Crippen LogP contribution in [0, 0.1) is 0 Å². The molecule has 0 spiro atoms. The zero-order valence-electron chi connectivity index (χ0n) is 14.9. The van der Waals surface area contributed by atoms with Crippen LogP contribution in [-0.2, 0) is 6.54 Å². The first-order valence-electron chi connectivity index (χ1n) is 8.92. The molecular formula is C19H26N4O2. The summed E-state index contributed by atoms with van der Waals surface area (Å²) in [7, 11) is 0. The van der Waals surface area contributed by atoms with E-state index < -0.39 is 0 Å². The maximum absolute atomic E-state index is 12.4. The van der Waals surface area contributed by atoms with Crippen molar-refractivity contribution in [3.8, 4) is 5.75 Å². The van der Waals surface area contributed by atoms with Gasteiger partial charge in [-0.2, -0.15) is 5.10 Å². The molecule has 1 atom stereocenters. The van der Waals surface area contributed by atoms with Gasteiger partial charge in [-0.05, 0) is 45.4 Å². The molecule has 2 N–H and O–H groups in total. The maximum Gasteiger partial charge on any atom is 0.272 e. The second-order valence-corrected chi connectivity index (χ2v) is 6.64. The minimum atomic E-state index is -0.165. The van der Waals surface area contributed by atoms with Gasteiger partial charge in [-0.3, -0.25) is 9.48 Å². The monoisotopic (exact) mass is 342 g/mol. The molecule has 1 aliphatic rings. The molecule has 1 aliphatic heterocycles. The number of benzene rings is 1. The van der Waals surface area contributed by atoms with E-state index in [4.69, 9.17) is 4.74 Å². The number of hydrogen-bond acceptors (Lipinski definition) is 4. The molecule has 0 aliphatic carbocycles. The normalized spacial score (nSPS) is 17.5. The van der Waals surface area contributed by atoms with Crippen LogP contribution in [-0.4, -0.2) is 34.9 Å². The molecule has 1 unspecified atom stereocenters. The van der Waals surface area contributed by atoms with Gasteiger partial charge in [-0.25, -0.2) is 0 Å². The molecule has 1 fully saturated rings. The van der Waals surface area contributed by atoms with E-state index in [9.17, 15) is 4.79 Å². The average molecular weight is 342 g/mol. The van der Waals surface area contributed by atoms with Gasteiger partial charge in [0.2, 0.25) is 0 Å². The van der Waals surface area contributed by atoms with Crippen LogP contribution in [0.1, 0.15) is 48.8 Å². The molecule has 1 saturated heterocycles. The predicted octanol–water partition coefficient (Wildman–Crippen LogP) is 2.52. The standard InChI is InChI=1S/C19H26N4O2/c1-14(2)25-18-8-4-3-6-15(18)12-21-19(24)17-9-11-23(22-17)16-7-5-10-20-13-16/h3-4,6,8-9,11,14,16,20H,5,7,10,12-13H2,1-2H3,(H,21,24). The van der Waals surface area contributed by atoms with Crippen molar-refractivity contribution in [3.05, 3.63) is 47.8 Å². The number of piperidine rings is 1. The molecule has 1 aromatic heterocycles. The van der Waals surface area contributed by atoms with Crippen molar-refractivity contribution in [1.29, 1.82) is 0 Å². The summed E-state index contributed by atoms with van der Waals surface area (Å²) < 4.78 is 7.69. The topological polar surface area (TPSA) is 68.2 Å². The van der Waals surface area contributed by atoms with E-state index in [2.05, 4.69) is 15.7 Å². The number of rotatable bonds is 6. The Morgan fingerprint density at radius 1 is 1.40 bits per heavy atom. The highest BCUT2D eigenvalue weighted by Gasteiger charge is 2.17. The van der Waals surface area contributed by atoms with Crippen molar-refractivity contribution in [2.45, 2.75) is 45.4 Å². The average Bonchev–Trinajstić information content (AvgIpc) is 3.11. The van der Waals surface area contributed by atoms with Crippen molar-refractivity contribution < 1.29 is 9.53 Å². The van der Waals surface area contributed by atoms with E-state index in [1.165, 1.54) is 0 Å². The lowest BCUT2D eigenvalue weighted by Gasteiger charge is -2.22. The Morgan fingerprint density at radius 2 is 2.24 bits per heavy atom. The largest absolute Gasteiger partial charge is 0.491 e. The van der Waals surface area contributed by atoms with Crippen molar-refractivity contribution in [2.75, 3.05) is 13.1 Å². The molecule has 6 nitrogen and oxygen atoms in total. The van der Waals surface area contributed by atoms with Crippen molar-refractivity contribution in [3.63, 3.8) is 0 Å². The highest BCUT2D eigenvalue weighted by molar-refractivity contribution is 5.92. The molecule has 1 aromatic carbocycles. The first-order chi connectivity index (χ1) is 12.1. The van der Waals surface area contributed by atoms with Gasteiger partial charge in [0, 0.05) is 24.8 Å². The molecular weight excluding hydrogens is 316 g/mol. The Bertz CT molecular complexity index is 705. The van der Waals surface area contributed by atoms with Crippen LogP contribution in [0.2, 0.25) is 0 Å². The number of nitrogens with zero attached hydrogens (tertiary/aromatic N) is 2. The summed E-state index contributed by atoms with van der Waals surface area (Å²) in [5.41, 5.74) is 1.41. The van der Waals surface area contributed by atoms with Gasteiger partial charge in [0.15, 0.2) is 0 Å². The summed E-state index contributed by atoms with van der Waals surface area (Å²) >= 11 is 0. The molecule has 3 rings (SSSR count). The lowest BCUT2D eigenvalue weighted by Crippen LogP contribution is -2.32. The molecule has 25 heavy (non-hydrogen) atoms. The van der Waals surface area contributed by atoms with Crippen molar-refractivity contribution in [2.24, 2.45) is 0 Å². The lowest BCUT2D eigenvalue weighted by atomic mass is 10.1. The van der Waals surface area contributed by atoms with Gasteiger partial charge >= 0.3 is 0 Å². The minimum Gasteiger partial charge on any atom is -0.491 e. The number of aromatic nitrogens is 2. The van der Waals surface area contributed by atoms with E-state index in [0.717, 1.165) is 37.2 Å². The quantitative estimate of drug-likeness (QED) is 0.846. The van der Waals surface area contributed by atoms with Gasteiger partial charge in [-0.1, -0.05) is 18.2 Å². The van der Waals surface area contributed by atoms with Crippen LogP contribution in [0.15, 0.2) is 36.5 Å². The summed E-state index contributed by atoms with van der Waals surface area (Å²) in [6, 6.07) is 9.87. The third kappa shape index (κ3) is 4.60. The maximum atomic E-state index is 12.4. The highest BCUT2D eigenvalue weighted by atomic mass is 16.5. The summed E-state index contributed by atoms with van der Waals surface area (Å²) in [6.45, 7) is 6.36. The summed E-state index contributed by atoms with van der Waals surface area (Å²) in [5.74, 6) is 0.637.